The lowest BCUT2D eigenvalue weighted by Gasteiger charge is -2.38. The van der Waals surface area contributed by atoms with Crippen LogP contribution in [0.4, 0.5) is 4.39 Å². The summed E-state index contributed by atoms with van der Waals surface area (Å²) in [5.41, 5.74) is 1.18. The van der Waals surface area contributed by atoms with Crippen LogP contribution < -0.4 is 5.32 Å². The summed E-state index contributed by atoms with van der Waals surface area (Å²) in [7, 11) is 2.18. The molecule has 1 saturated heterocycles. The molecular formula is C14H21FN2S. The van der Waals surface area contributed by atoms with Crippen molar-refractivity contribution in [2.24, 2.45) is 0 Å². The van der Waals surface area contributed by atoms with E-state index in [0.717, 1.165) is 18.8 Å². The number of thioether (sulfide) groups is 1. The fourth-order valence-corrected chi connectivity index (χ4v) is 3.69. The molecule has 0 amide bonds. The molecule has 100 valence electrons. The summed E-state index contributed by atoms with van der Waals surface area (Å²) in [6.07, 6.45) is 0. The van der Waals surface area contributed by atoms with Crippen molar-refractivity contribution in [1.82, 2.24) is 10.2 Å². The van der Waals surface area contributed by atoms with Gasteiger partial charge in [-0.1, -0.05) is 19.1 Å². The minimum absolute atomic E-state index is 0.166. The van der Waals surface area contributed by atoms with Gasteiger partial charge in [-0.15, -0.1) is 0 Å². The molecule has 18 heavy (non-hydrogen) atoms. The Morgan fingerprint density at radius 1 is 1.44 bits per heavy atom. The Kier molecular flexibility index (Phi) is 5.03. The fourth-order valence-electron chi connectivity index (χ4n) is 2.42. The quantitative estimate of drug-likeness (QED) is 0.903. The van der Waals surface area contributed by atoms with Crippen LogP contribution >= 0.6 is 11.8 Å². The van der Waals surface area contributed by atoms with Crippen LogP contribution in [0.25, 0.3) is 0 Å². The van der Waals surface area contributed by atoms with Crippen molar-refractivity contribution in [3.8, 4) is 0 Å². The largest absolute Gasteiger partial charge is 0.309 e. The van der Waals surface area contributed by atoms with Gasteiger partial charge < -0.3 is 5.32 Å². The van der Waals surface area contributed by atoms with Gasteiger partial charge in [-0.05, 0) is 31.3 Å². The highest BCUT2D eigenvalue weighted by Crippen LogP contribution is 2.26. The van der Waals surface area contributed by atoms with Crippen LogP contribution in [0.15, 0.2) is 24.3 Å². The summed E-state index contributed by atoms with van der Waals surface area (Å²) in [6.45, 7) is 4.17. The SMILES string of the molecule is CCNC(c1ccc(F)cc1)C1CSCCN1C. The van der Waals surface area contributed by atoms with Gasteiger partial charge in [0.15, 0.2) is 0 Å². The van der Waals surface area contributed by atoms with E-state index in [1.54, 1.807) is 12.1 Å². The van der Waals surface area contributed by atoms with Gasteiger partial charge in [0.25, 0.3) is 0 Å². The lowest BCUT2D eigenvalue weighted by Crippen LogP contribution is -2.47. The Hall–Kier alpha value is -0.580. The predicted molar refractivity (Wildman–Crippen MR) is 76.6 cm³/mol. The molecule has 1 aromatic carbocycles. The molecule has 0 radical (unpaired) electrons. The predicted octanol–water partition coefficient (Wildman–Crippen LogP) is 2.52. The molecule has 1 aliphatic rings. The van der Waals surface area contributed by atoms with E-state index in [4.69, 9.17) is 0 Å². The lowest BCUT2D eigenvalue weighted by atomic mass is 9.99. The number of hydrogen-bond acceptors (Lipinski definition) is 3. The summed E-state index contributed by atoms with van der Waals surface area (Å²) in [5.74, 6) is 2.17. The van der Waals surface area contributed by atoms with Gasteiger partial charge in [0.05, 0.1) is 0 Å². The topological polar surface area (TPSA) is 15.3 Å². The van der Waals surface area contributed by atoms with Crippen LogP contribution in [0.5, 0.6) is 0 Å². The highest BCUT2D eigenvalue weighted by molar-refractivity contribution is 7.99. The second-order valence-corrected chi connectivity index (χ2v) is 5.86. The molecule has 4 heteroatoms. The van der Waals surface area contributed by atoms with E-state index in [9.17, 15) is 4.39 Å². The molecule has 0 saturated carbocycles. The van der Waals surface area contributed by atoms with E-state index in [1.807, 2.05) is 23.9 Å². The summed E-state index contributed by atoms with van der Waals surface area (Å²) in [5, 5.41) is 3.54. The maximum Gasteiger partial charge on any atom is 0.123 e. The molecule has 0 spiro atoms. The molecule has 2 rings (SSSR count). The number of halogens is 1. The van der Waals surface area contributed by atoms with Gasteiger partial charge in [0, 0.05) is 30.1 Å². The fraction of sp³-hybridized carbons (Fsp3) is 0.571. The summed E-state index contributed by atoms with van der Waals surface area (Å²) < 4.78 is 13.0. The number of nitrogens with zero attached hydrogens (tertiary/aromatic N) is 1. The van der Waals surface area contributed by atoms with Crippen molar-refractivity contribution in [2.45, 2.75) is 19.0 Å². The number of nitrogens with one attached hydrogen (secondary N) is 1. The van der Waals surface area contributed by atoms with Crippen LogP contribution in [-0.4, -0.2) is 42.6 Å². The van der Waals surface area contributed by atoms with E-state index in [2.05, 4.69) is 24.2 Å². The second kappa shape index (κ2) is 6.55. The van der Waals surface area contributed by atoms with E-state index < -0.39 is 0 Å². The average Bonchev–Trinajstić information content (AvgIpc) is 2.38. The second-order valence-electron chi connectivity index (χ2n) is 4.71. The monoisotopic (exact) mass is 268 g/mol. The zero-order chi connectivity index (χ0) is 13.0. The molecule has 2 atom stereocenters. The molecule has 2 nitrogen and oxygen atoms in total. The first-order chi connectivity index (χ1) is 8.72. The first-order valence-electron chi connectivity index (χ1n) is 6.49. The van der Waals surface area contributed by atoms with Crippen LogP contribution in [-0.2, 0) is 0 Å². The van der Waals surface area contributed by atoms with Crippen molar-refractivity contribution >= 4 is 11.8 Å². The van der Waals surface area contributed by atoms with Gasteiger partial charge in [-0.3, -0.25) is 4.90 Å². The molecule has 1 N–H and O–H groups in total. The minimum atomic E-state index is -0.166. The van der Waals surface area contributed by atoms with Crippen LogP contribution in [0.2, 0.25) is 0 Å². The highest BCUT2D eigenvalue weighted by Gasteiger charge is 2.28. The van der Waals surface area contributed by atoms with Gasteiger partial charge in [0.1, 0.15) is 5.82 Å². The van der Waals surface area contributed by atoms with Crippen LogP contribution in [0, 0.1) is 5.82 Å². The molecule has 1 fully saturated rings. The van der Waals surface area contributed by atoms with E-state index in [1.165, 1.54) is 11.3 Å². The van der Waals surface area contributed by atoms with Crippen molar-refractivity contribution in [3.63, 3.8) is 0 Å². The zero-order valence-corrected chi connectivity index (χ0v) is 11.8. The zero-order valence-electron chi connectivity index (χ0n) is 11.0. The van der Waals surface area contributed by atoms with Crippen molar-refractivity contribution in [3.05, 3.63) is 35.6 Å². The summed E-state index contributed by atoms with van der Waals surface area (Å²) in [4.78, 5) is 2.41. The normalized spacial score (nSPS) is 22.9. The molecule has 0 bridgehead atoms. The number of benzene rings is 1. The Labute approximate surface area is 113 Å². The van der Waals surface area contributed by atoms with Crippen molar-refractivity contribution in [1.29, 1.82) is 0 Å². The van der Waals surface area contributed by atoms with E-state index in [-0.39, 0.29) is 11.9 Å². The smallest absolute Gasteiger partial charge is 0.123 e. The molecule has 1 aromatic rings. The van der Waals surface area contributed by atoms with Crippen molar-refractivity contribution in [2.75, 3.05) is 31.6 Å². The van der Waals surface area contributed by atoms with E-state index in [0.29, 0.717) is 6.04 Å². The third-order valence-corrected chi connectivity index (χ3v) is 4.53. The summed E-state index contributed by atoms with van der Waals surface area (Å²) in [6, 6.07) is 7.67. The molecule has 0 aliphatic carbocycles. The molecule has 0 aromatic heterocycles. The first-order valence-corrected chi connectivity index (χ1v) is 7.64. The lowest BCUT2D eigenvalue weighted by molar-refractivity contribution is 0.217. The third-order valence-electron chi connectivity index (χ3n) is 3.48. The standard InChI is InChI=1S/C14H21FN2S/c1-3-16-14(11-4-6-12(15)7-5-11)13-10-18-9-8-17(13)2/h4-7,13-14,16H,3,8-10H2,1-2H3. The number of hydrogen-bond donors (Lipinski definition) is 1. The third kappa shape index (κ3) is 3.25. The van der Waals surface area contributed by atoms with E-state index >= 15 is 0 Å². The number of likely N-dealkylation sites (N-methyl/N-ethyl adjacent to an activating group) is 2. The maximum absolute atomic E-state index is 13.0. The summed E-state index contributed by atoms with van der Waals surface area (Å²) >= 11 is 2.00. The molecular weight excluding hydrogens is 247 g/mol. The first kappa shape index (κ1) is 13.8. The Morgan fingerprint density at radius 2 is 2.17 bits per heavy atom. The molecule has 1 aliphatic heterocycles. The maximum atomic E-state index is 13.0. The van der Waals surface area contributed by atoms with Gasteiger partial charge in [-0.2, -0.15) is 11.8 Å². The van der Waals surface area contributed by atoms with Crippen LogP contribution in [0.1, 0.15) is 18.5 Å². The Balaban J connectivity index is 2.18. The molecule has 2 unspecified atom stereocenters. The minimum Gasteiger partial charge on any atom is -0.309 e. The average molecular weight is 268 g/mol. The van der Waals surface area contributed by atoms with Gasteiger partial charge >= 0.3 is 0 Å². The van der Waals surface area contributed by atoms with Crippen molar-refractivity contribution < 1.29 is 4.39 Å². The van der Waals surface area contributed by atoms with Crippen LogP contribution in [0.3, 0.4) is 0 Å². The highest BCUT2D eigenvalue weighted by atomic mass is 32.2. The Bertz CT molecular complexity index is 369. The Morgan fingerprint density at radius 3 is 2.78 bits per heavy atom. The molecule has 1 heterocycles. The number of rotatable bonds is 4. The van der Waals surface area contributed by atoms with Gasteiger partial charge in [-0.25, -0.2) is 4.39 Å². The van der Waals surface area contributed by atoms with Gasteiger partial charge in [0.2, 0.25) is 0 Å².